The molecule has 2 amide bonds. The predicted molar refractivity (Wildman–Crippen MR) is 106 cm³/mol. The van der Waals surface area contributed by atoms with Crippen LogP contribution in [0.5, 0.6) is 0 Å². The number of carbonyl (C=O) groups excluding carboxylic acids is 2. The van der Waals surface area contributed by atoms with Gasteiger partial charge in [-0.15, -0.1) is 11.3 Å². The summed E-state index contributed by atoms with van der Waals surface area (Å²) in [5, 5.41) is 0.719. The summed E-state index contributed by atoms with van der Waals surface area (Å²) in [7, 11) is 0. The second kappa shape index (κ2) is 6.62. The third-order valence-corrected chi connectivity index (χ3v) is 6.82. The van der Waals surface area contributed by atoms with Gasteiger partial charge < -0.3 is 9.80 Å². The number of aromatic nitrogens is 1. The lowest BCUT2D eigenvalue weighted by Crippen LogP contribution is -2.40. The molecule has 0 radical (unpaired) electrons. The standard InChI is InChI=1S/C18H17BrClN3O2S/c1-11(24)22-5-4-18(9-22)10-23(14-3-2-12(19)6-13(14)18)17(25)7-16-21-8-15(20)26-16/h2-3,6,8H,4-5,7,9-10H2,1H3/t18-/m0/s1. The van der Waals surface area contributed by atoms with Crippen molar-refractivity contribution in [3.05, 3.63) is 43.8 Å². The Balaban J connectivity index is 1.66. The van der Waals surface area contributed by atoms with Gasteiger partial charge in [0, 0.05) is 42.1 Å². The number of hydrogen-bond donors (Lipinski definition) is 0. The summed E-state index contributed by atoms with van der Waals surface area (Å²) >= 11 is 10.8. The van der Waals surface area contributed by atoms with Crippen molar-refractivity contribution in [2.75, 3.05) is 24.5 Å². The topological polar surface area (TPSA) is 53.5 Å². The Hall–Kier alpha value is -1.44. The van der Waals surface area contributed by atoms with E-state index < -0.39 is 0 Å². The van der Waals surface area contributed by atoms with Crippen molar-refractivity contribution in [2.45, 2.75) is 25.2 Å². The van der Waals surface area contributed by atoms with E-state index >= 15 is 0 Å². The van der Waals surface area contributed by atoms with Crippen LogP contribution in [0.15, 0.2) is 28.9 Å². The van der Waals surface area contributed by atoms with Crippen LogP contribution in [-0.2, 0) is 21.4 Å². The molecule has 4 rings (SSSR count). The molecular formula is C18H17BrClN3O2S. The van der Waals surface area contributed by atoms with Gasteiger partial charge in [0.15, 0.2) is 0 Å². The van der Waals surface area contributed by atoms with Gasteiger partial charge in [0.2, 0.25) is 11.8 Å². The third-order valence-electron chi connectivity index (χ3n) is 5.21. The average Bonchev–Trinajstić information content (AvgIpc) is 3.27. The molecule has 26 heavy (non-hydrogen) atoms. The highest BCUT2D eigenvalue weighted by molar-refractivity contribution is 9.10. The van der Waals surface area contributed by atoms with E-state index in [9.17, 15) is 9.59 Å². The molecule has 2 aliphatic heterocycles. The van der Waals surface area contributed by atoms with Crippen LogP contribution in [0, 0.1) is 0 Å². The van der Waals surface area contributed by atoms with Crippen LogP contribution in [0.1, 0.15) is 23.9 Å². The molecule has 2 aliphatic rings. The van der Waals surface area contributed by atoms with E-state index in [-0.39, 0.29) is 23.7 Å². The third kappa shape index (κ3) is 3.06. The van der Waals surface area contributed by atoms with Gasteiger partial charge in [-0.3, -0.25) is 9.59 Å². The van der Waals surface area contributed by atoms with E-state index in [1.165, 1.54) is 11.3 Å². The van der Waals surface area contributed by atoms with E-state index in [1.807, 2.05) is 21.9 Å². The number of anilines is 1. The summed E-state index contributed by atoms with van der Waals surface area (Å²) in [5.74, 6) is 0.0957. The molecule has 3 heterocycles. The lowest BCUT2D eigenvalue weighted by atomic mass is 9.81. The van der Waals surface area contributed by atoms with Gasteiger partial charge in [0.05, 0.1) is 12.6 Å². The number of thiazole rings is 1. The SMILES string of the molecule is CC(=O)N1CC[C@]2(C1)CN(C(=O)Cc1ncc(Cl)s1)c1ccc(Br)cc12. The Labute approximate surface area is 169 Å². The normalized spacial score (nSPS) is 21.5. The average molecular weight is 455 g/mol. The lowest BCUT2D eigenvalue weighted by molar-refractivity contribution is -0.127. The first-order valence-corrected chi connectivity index (χ1v) is 10.3. The van der Waals surface area contributed by atoms with Crippen LogP contribution in [0.3, 0.4) is 0 Å². The second-order valence-corrected chi connectivity index (χ2v) is 9.51. The predicted octanol–water partition coefficient (Wildman–Crippen LogP) is 3.64. The van der Waals surface area contributed by atoms with Crippen molar-refractivity contribution in [3.8, 4) is 0 Å². The number of hydrogen-bond acceptors (Lipinski definition) is 4. The number of likely N-dealkylation sites (tertiary alicyclic amines) is 1. The molecule has 0 aliphatic carbocycles. The van der Waals surface area contributed by atoms with Crippen molar-refractivity contribution < 1.29 is 9.59 Å². The number of nitrogens with zero attached hydrogens (tertiary/aromatic N) is 3. The maximum atomic E-state index is 13.0. The lowest BCUT2D eigenvalue weighted by Gasteiger charge is -2.25. The van der Waals surface area contributed by atoms with Crippen LogP contribution in [-0.4, -0.2) is 41.3 Å². The maximum Gasteiger partial charge on any atom is 0.233 e. The van der Waals surface area contributed by atoms with Crippen molar-refractivity contribution >= 4 is 56.4 Å². The van der Waals surface area contributed by atoms with Gasteiger partial charge in [-0.05, 0) is 30.2 Å². The molecule has 1 aromatic carbocycles. The van der Waals surface area contributed by atoms with Crippen LogP contribution >= 0.6 is 38.9 Å². The quantitative estimate of drug-likeness (QED) is 0.696. The van der Waals surface area contributed by atoms with E-state index in [0.29, 0.717) is 17.4 Å². The number of carbonyl (C=O) groups is 2. The van der Waals surface area contributed by atoms with Crippen molar-refractivity contribution in [1.82, 2.24) is 9.88 Å². The van der Waals surface area contributed by atoms with Crippen molar-refractivity contribution in [1.29, 1.82) is 0 Å². The minimum absolute atomic E-state index is 0.0118. The van der Waals surface area contributed by atoms with E-state index in [0.717, 1.165) is 33.7 Å². The van der Waals surface area contributed by atoms with Gasteiger partial charge in [-0.1, -0.05) is 27.5 Å². The largest absolute Gasteiger partial charge is 0.342 e. The molecule has 136 valence electrons. The van der Waals surface area contributed by atoms with Crippen molar-refractivity contribution in [3.63, 3.8) is 0 Å². The molecule has 0 unspecified atom stereocenters. The van der Waals surface area contributed by atoms with Gasteiger partial charge in [-0.2, -0.15) is 0 Å². The highest BCUT2D eigenvalue weighted by Crippen LogP contribution is 2.47. The van der Waals surface area contributed by atoms with Crippen LogP contribution < -0.4 is 4.90 Å². The first-order chi connectivity index (χ1) is 12.4. The van der Waals surface area contributed by atoms with Crippen molar-refractivity contribution in [2.24, 2.45) is 0 Å². The Morgan fingerprint density at radius 2 is 2.19 bits per heavy atom. The molecule has 1 spiro atoms. The maximum absolute atomic E-state index is 13.0. The molecule has 0 N–H and O–H groups in total. The molecule has 2 aromatic rings. The highest BCUT2D eigenvalue weighted by Gasteiger charge is 2.49. The fraction of sp³-hybridized carbons (Fsp3) is 0.389. The zero-order valence-corrected chi connectivity index (χ0v) is 17.3. The zero-order chi connectivity index (χ0) is 18.5. The van der Waals surface area contributed by atoms with Crippen LogP contribution in [0.2, 0.25) is 4.34 Å². The Kier molecular flexibility index (Phi) is 4.57. The van der Waals surface area contributed by atoms with E-state index in [4.69, 9.17) is 11.6 Å². The minimum atomic E-state index is -0.193. The minimum Gasteiger partial charge on any atom is -0.342 e. The number of halogens is 2. The van der Waals surface area contributed by atoms with E-state index in [2.05, 4.69) is 27.0 Å². The molecule has 5 nitrogen and oxygen atoms in total. The second-order valence-electron chi connectivity index (χ2n) is 6.85. The molecule has 1 fully saturated rings. The van der Waals surface area contributed by atoms with Crippen LogP contribution in [0.25, 0.3) is 0 Å². The Morgan fingerprint density at radius 3 is 2.85 bits per heavy atom. The highest BCUT2D eigenvalue weighted by atomic mass is 79.9. The van der Waals surface area contributed by atoms with Gasteiger partial charge in [0.25, 0.3) is 0 Å². The number of rotatable bonds is 2. The molecule has 8 heteroatoms. The molecule has 1 aromatic heterocycles. The first-order valence-electron chi connectivity index (χ1n) is 8.34. The molecule has 1 atom stereocenters. The summed E-state index contributed by atoms with van der Waals surface area (Å²) in [5.41, 5.74) is 1.88. The molecule has 1 saturated heterocycles. The first kappa shape index (κ1) is 17.9. The van der Waals surface area contributed by atoms with Gasteiger partial charge in [0.1, 0.15) is 9.34 Å². The smallest absolute Gasteiger partial charge is 0.233 e. The molecule has 0 bridgehead atoms. The van der Waals surface area contributed by atoms with Gasteiger partial charge >= 0.3 is 0 Å². The Bertz CT molecular complexity index is 902. The summed E-state index contributed by atoms with van der Waals surface area (Å²) in [4.78, 5) is 32.7. The van der Waals surface area contributed by atoms with E-state index in [1.54, 1.807) is 13.1 Å². The number of amides is 2. The summed E-state index contributed by atoms with van der Waals surface area (Å²) in [6, 6.07) is 6.03. The fourth-order valence-electron chi connectivity index (χ4n) is 3.95. The number of fused-ring (bicyclic) bond motifs is 2. The summed E-state index contributed by atoms with van der Waals surface area (Å²) in [6.45, 7) is 3.58. The number of benzene rings is 1. The monoisotopic (exact) mass is 453 g/mol. The summed E-state index contributed by atoms with van der Waals surface area (Å²) in [6.07, 6.45) is 2.68. The summed E-state index contributed by atoms with van der Waals surface area (Å²) < 4.78 is 1.57. The molecular weight excluding hydrogens is 438 g/mol. The molecule has 0 saturated carbocycles. The fourth-order valence-corrected chi connectivity index (χ4v) is 5.26. The Morgan fingerprint density at radius 1 is 1.38 bits per heavy atom. The van der Waals surface area contributed by atoms with Gasteiger partial charge in [-0.25, -0.2) is 4.98 Å². The van der Waals surface area contributed by atoms with Crippen LogP contribution in [0.4, 0.5) is 5.69 Å². The zero-order valence-electron chi connectivity index (χ0n) is 14.2.